The number of hydrogen-bond donors (Lipinski definition) is 1. The van der Waals surface area contributed by atoms with Crippen molar-refractivity contribution in [1.29, 1.82) is 0 Å². The van der Waals surface area contributed by atoms with Gasteiger partial charge in [-0.25, -0.2) is 0 Å². The number of carbonyl (C=O) groups is 1. The van der Waals surface area contributed by atoms with Crippen LogP contribution in [0.2, 0.25) is 0 Å². The topological polar surface area (TPSA) is 46.3 Å². The van der Waals surface area contributed by atoms with Crippen molar-refractivity contribution in [2.45, 2.75) is 79.7 Å². The van der Waals surface area contributed by atoms with Crippen molar-refractivity contribution >= 4 is 5.91 Å². The Balaban J connectivity index is 4.62. The normalized spacial score (nSPS) is 12.2. The van der Waals surface area contributed by atoms with Crippen molar-refractivity contribution in [3.63, 3.8) is 0 Å². The van der Waals surface area contributed by atoms with Crippen LogP contribution < -0.4 is 5.73 Å². The van der Waals surface area contributed by atoms with E-state index in [1.54, 1.807) is 0 Å². The van der Waals surface area contributed by atoms with E-state index in [1.807, 2.05) is 0 Å². The van der Waals surface area contributed by atoms with E-state index in [4.69, 9.17) is 5.73 Å². The second-order valence-corrected chi connectivity index (χ2v) is 7.11. The van der Waals surface area contributed by atoms with E-state index in [0.29, 0.717) is 30.8 Å². The summed E-state index contributed by atoms with van der Waals surface area (Å²) >= 11 is 0. The van der Waals surface area contributed by atoms with Gasteiger partial charge in [-0.2, -0.15) is 0 Å². The fraction of sp³-hybridized carbons (Fsp3) is 0.941. The van der Waals surface area contributed by atoms with Crippen LogP contribution in [0.3, 0.4) is 0 Å². The highest BCUT2D eigenvalue weighted by Crippen LogP contribution is 2.27. The number of nitrogens with two attached hydrogens (primary N) is 1. The van der Waals surface area contributed by atoms with Gasteiger partial charge in [-0.1, -0.05) is 41.5 Å². The molecule has 0 fully saturated rings. The quantitative estimate of drug-likeness (QED) is 0.663. The molecule has 0 saturated heterocycles. The maximum absolute atomic E-state index is 12.6. The predicted octanol–water partition coefficient (Wildman–Crippen LogP) is 3.81. The molecule has 0 aromatic rings. The Morgan fingerprint density at radius 3 is 2.10 bits per heavy atom. The van der Waals surface area contributed by atoms with Crippen molar-refractivity contribution in [3.05, 3.63) is 0 Å². The summed E-state index contributed by atoms with van der Waals surface area (Å²) in [6.07, 6.45) is 4.64. The minimum atomic E-state index is 0.168. The van der Waals surface area contributed by atoms with Crippen LogP contribution in [-0.4, -0.2) is 29.9 Å². The highest BCUT2D eigenvalue weighted by atomic mass is 16.2. The molecule has 0 aromatic heterocycles. The molecule has 0 aliphatic carbocycles. The molecule has 0 aliphatic heterocycles. The van der Waals surface area contributed by atoms with Crippen LogP contribution in [0.5, 0.6) is 0 Å². The fourth-order valence-electron chi connectivity index (χ4n) is 2.68. The summed E-state index contributed by atoms with van der Waals surface area (Å²) in [5.41, 5.74) is 5.81. The molecule has 0 rings (SSSR count). The number of amides is 1. The largest absolute Gasteiger partial charge is 0.339 e. The van der Waals surface area contributed by atoms with Gasteiger partial charge < -0.3 is 10.6 Å². The Morgan fingerprint density at radius 1 is 1.15 bits per heavy atom. The van der Waals surface area contributed by atoms with E-state index in [1.165, 1.54) is 0 Å². The van der Waals surface area contributed by atoms with Crippen molar-refractivity contribution in [2.24, 2.45) is 17.1 Å². The zero-order valence-corrected chi connectivity index (χ0v) is 14.5. The first-order chi connectivity index (χ1) is 9.27. The highest BCUT2D eigenvalue weighted by Gasteiger charge is 2.24. The van der Waals surface area contributed by atoms with Crippen LogP contribution in [0.1, 0.15) is 73.6 Å². The standard InChI is InChI=1S/C17H36N2O/c1-7-15(8-2)19(13-14(3)4)16(20)9-10-17(5,6)11-12-18/h14-15H,7-13,18H2,1-6H3. The summed E-state index contributed by atoms with van der Waals surface area (Å²) in [7, 11) is 0. The number of rotatable bonds is 10. The van der Waals surface area contributed by atoms with E-state index < -0.39 is 0 Å². The summed E-state index contributed by atoms with van der Waals surface area (Å²) in [4.78, 5) is 14.7. The van der Waals surface area contributed by atoms with E-state index in [0.717, 1.165) is 32.2 Å². The van der Waals surface area contributed by atoms with Gasteiger partial charge in [-0.3, -0.25) is 4.79 Å². The molecule has 2 N–H and O–H groups in total. The third-order valence-electron chi connectivity index (χ3n) is 4.10. The average Bonchev–Trinajstić information content (AvgIpc) is 2.35. The van der Waals surface area contributed by atoms with Crippen LogP contribution in [0.4, 0.5) is 0 Å². The lowest BCUT2D eigenvalue weighted by molar-refractivity contribution is -0.135. The van der Waals surface area contributed by atoms with Gasteiger partial charge in [0.15, 0.2) is 0 Å². The molecule has 0 unspecified atom stereocenters. The van der Waals surface area contributed by atoms with Crippen LogP contribution in [0, 0.1) is 11.3 Å². The van der Waals surface area contributed by atoms with Gasteiger partial charge >= 0.3 is 0 Å². The summed E-state index contributed by atoms with van der Waals surface area (Å²) in [5, 5.41) is 0. The minimum absolute atomic E-state index is 0.168. The molecule has 1 amide bonds. The van der Waals surface area contributed by atoms with Crippen LogP contribution >= 0.6 is 0 Å². The smallest absolute Gasteiger partial charge is 0.222 e. The molecule has 3 heteroatoms. The maximum atomic E-state index is 12.6. The zero-order valence-electron chi connectivity index (χ0n) is 14.5. The molecular weight excluding hydrogens is 248 g/mol. The SMILES string of the molecule is CCC(CC)N(CC(C)C)C(=O)CCC(C)(C)CCN. The minimum Gasteiger partial charge on any atom is -0.339 e. The lowest BCUT2D eigenvalue weighted by Crippen LogP contribution is -2.42. The van der Waals surface area contributed by atoms with E-state index in [9.17, 15) is 4.79 Å². The van der Waals surface area contributed by atoms with E-state index >= 15 is 0 Å². The molecule has 0 aromatic carbocycles. The van der Waals surface area contributed by atoms with Crippen LogP contribution in [0.25, 0.3) is 0 Å². The molecule has 0 bridgehead atoms. The number of carbonyl (C=O) groups excluding carboxylic acids is 1. The first-order valence-corrected chi connectivity index (χ1v) is 8.26. The van der Waals surface area contributed by atoms with Gasteiger partial charge in [0, 0.05) is 19.0 Å². The second-order valence-electron chi connectivity index (χ2n) is 7.11. The lowest BCUT2D eigenvalue weighted by Gasteiger charge is -2.33. The van der Waals surface area contributed by atoms with Gasteiger partial charge in [-0.05, 0) is 43.6 Å². The Labute approximate surface area is 126 Å². The first kappa shape index (κ1) is 19.4. The molecule has 0 radical (unpaired) electrons. The third kappa shape index (κ3) is 7.28. The maximum Gasteiger partial charge on any atom is 0.222 e. The molecule has 0 atom stereocenters. The lowest BCUT2D eigenvalue weighted by atomic mass is 9.84. The van der Waals surface area contributed by atoms with Crippen molar-refractivity contribution in [2.75, 3.05) is 13.1 Å². The second kappa shape index (κ2) is 9.38. The zero-order chi connectivity index (χ0) is 15.8. The summed E-state index contributed by atoms with van der Waals surface area (Å²) < 4.78 is 0. The Kier molecular flexibility index (Phi) is 9.11. The highest BCUT2D eigenvalue weighted by molar-refractivity contribution is 5.76. The van der Waals surface area contributed by atoms with Gasteiger partial charge in [0.25, 0.3) is 0 Å². The third-order valence-corrected chi connectivity index (χ3v) is 4.10. The van der Waals surface area contributed by atoms with Crippen LogP contribution in [-0.2, 0) is 4.79 Å². The molecule has 120 valence electrons. The Hall–Kier alpha value is -0.570. The fourth-order valence-corrected chi connectivity index (χ4v) is 2.68. The van der Waals surface area contributed by atoms with Crippen molar-refractivity contribution in [3.8, 4) is 0 Å². The first-order valence-electron chi connectivity index (χ1n) is 8.26. The number of hydrogen-bond acceptors (Lipinski definition) is 2. The molecular formula is C17H36N2O. The van der Waals surface area contributed by atoms with E-state index in [-0.39, 0.29) is 5.41 Å². The monoisotopic (exact) mass is 284 g/mol. The van der Waals surface area contributed by atoms with Gasteiger partial charge in [0.2, 0.25) is 5.91 Å². The summed E-state index contributed by atoms with van der Waals surface area (Å²) in [6.45, 7) is 14.7. The number of nitrogens with zero attached hydrogens (tertiary/aromatic N) is 1. The van der Waals surface area contributed by atoms with Crippen molar-refractivity contribution in [1.82, 2.24) is 4.90 Å². The summed E-state index contributed by atoms with van der Waals surface area (Å²) in [5.74, 6) is 0.842. The molecule has 3 nitrogen and oxygen atoms in total. The van der Waals surface area contributed by atoms with Gasteiger partial charge in [-0.15, -0.1) is 0 Å². The van der Waals surface area contributed by atoms with Gasteiger partial charge in [0.1, 0.15) is 0 Å². The molecule has 20 heavy (non-hydrogen) atoms. The molecule has 0 spiro atoms. The van der Waals surface area contributed by atoms with Gasteiger partial charge in [0.05, 0.1) is 0 Å². The molecule has 0 saturated carbocycles. The predicted molar refractivity (Wildman–Crippen MR) is 87.6 cm³/mol. The summed E-state index contributed by atoms with van der Waals surface area (Å²) in [6, 6.07) is 0.391. The molecule has 0 heterocycles. The van der Waals surface area contributed by atoms with Crippen LogP contribution in [0.15, 0.2) is 0 Å². The Morgan fingerprint density at radius 2 is 1.70 bits per heavy atom. The average molecular weight is 284 g/mol. The van der Waals surface area contributed by atoms with Crippen molar-refractivity contribution < 1.29 is 4.79 Å². The van der Waals surface area contributed by atoms with E-state index in [2.05, 4.69) is 46.4 Å². The Bertz CT molecular complexity index is 270. The molecule has 0 aliphatic rings.